The maximum atomic E-state index is 6.02. The Morgan fingerprint density at radius 2 is 2.06 bits per heavy atom. The molecule has 16 heavy (non-hydrogen) atoms. The van der Waals surface area contributed by atoms with Gasteiger partial charge in [0.05, 0.1) is 5.69 Å². The van der Waals surface area contributed by atoms with Crippen molar-refractivity contribution in [3.8, 4) is 11.3 Å². The molecule has 2 aromatic heterocycles. The van der Waals surface area contributed by atoms with E-state index in [1.165, 1.54) is 4.88 Å². The second-order valence-electron chi connectivity index (χ2n) is 3.98. The standard InChI is InChI=1S/C12H13ClN2S/c1-7(2)12-14-10(6-11(13)15-12)9-4-5-16-8(9)3/h4-7H,1-3H3. The first-order chi connectivity index (χ1) is 7.58. The molecule has 84 valence electrons. The van der Waals surface area contributed by atoms with E-state index in [1.807, 2.05) is 6.07 Å². The molecule has 0 radical (unpaired) electrons. The summed E-state index contributed by atoms with van der Waals surface area (Å²) in [6.07, 6.45) is 0. The highest BCUT2D eigenvalue weighted by Gasteiger charge is 2.10. The molecular formula is C12H13ClN2S. The van der Waals surface area contributed by atoms with E-state index in [9.17, 15) is 0 Å². The quantitative estimate of drug-likeness (QED) is 0.745. The summed E-state index contributed by atoms with van der Waals surface area (Å²) in [5.41, 5.74) is 2.07. The third kappa shape index (κ3) is 2.25. The predicted molar refractivity (Wildman–Crippen MR) is 69.2 cm³/mol. The molecule has 0 amide bonds. The van der Waals surface area contributed by atoms with Gasteiger partial charge in [-0.3, -0.25) is 0 Å². The highest BCUT2D eigenvalue weighted by Crippen LogP contribution is 2.28. The first-order valence-corrected chi connectivity index (χ1v) is 6.42. The lowest BCUT2D eigenvalue weighted by molar-refractivity contribution is 0.776. The maximum Gasteiger partial charge on any atom is 0.133 e. The Bertz CT molecular complexity index is 505. The smallest absolute Gasteiger partial charge is 0.133 e. The van der Waals surface area contributed by atoms with Crippen molar-refractivity contribution in [2.24, 2.45) is 0 Å². The minimum atomic E-state index is 0.288. The number of thiophene rings is 1. The first-order valence-electron chi connectivity index (χ1n) is 5.17. The SMILES string of the molecule is Cc1sccc1-c1cc(Cl)nc(C(C)C)n1. The summed E-state index contributed by atoms with van der Waals surface area (Å²) in [5.74, 6) is 1.09. The van der Waals surface area contributed by atoms with Crippen LogP contribution in [0.15, 0.2) is 17.5 Å². The van der Waals surface area contributed by atoms with Gasteiger partial charge < -0.3 is 0 Å². The van der Waals surface area contributed by atoms with Crippen molar-refractivity contribution in [3.05, 3.63) is 33.4 Å². The monoisotopic (exact) mass is 252 g/mol. The van der Waals surface area contributed by atoms with Gasteiger partial charge in [-0.05, 0) is 18.4 Å². The van der Waals surface area contributed by atoms with Crippen molar-refractivity contribution in [1.82, 2.24) is 9.97 Å². The zero-order chi connectivity index (χ0) is 11.7. The number of rotatable bonds is 2. The van der Waals surface area contributed by atoms with Crippen LogP contribution in [0.3, 0.4) is 0 Å². The Hall–Kier alpha value is -0.930. The molecule has 0 aliphatic heterocycles. The van der Waals surface area contributed by atoms with Crippen LogP contribution in [0.4, 0.5) is 0 Å². The van der Waals surface area contributed by atoms with Gasteiger partial charge in [-0.25, -0.2) is 9.97 Å². The van der Waals surface area contributed by atoms with E-state index in [0.29, 0.717) is 5.15 Å². The molecule has 0 saturated carbocycles. The second-order valence-corrected chi connectivity index (χ2v) is 5.49. The number of aryl methyl sites for hydroxylation is 1. The van der Waals surface area contributed by atoms with Gasteiger partial charge in [0.2, 0.25) is 0 Å². The lowest BCUT2D eigenvalue weighted by atomic mass is 10.1. The summed E-state index contributed by atoms with van der Waals surface area (Å²) in [4.78, 5) is 10.0. The Balaban J connectivity index is 2.54. The molecule has 2 nitrogen and oxygen atoms in total. The fraction of sp³-hybridized carbons (Fsp3) is 0.333. The van der Waals surface area contributed by atoms with Crippen molar-refractivity contribution in [1.29, 1.82) is 0 Å². The fourth-order valence-electron chi connectivity index (χ4n) is 1.48. The minimum Gasteiger partial charge on any atom is -0.232 e. The zero-order valence-electron chi connectivity index (χ0n) is 9.49. The summed E-state index contributed by atoms with van der Waals surface area (Å²) in [6, 6.07) is 3.89. The Morgan fingerprint density at radius 1 is 1.31 bits per heavy atom. The van der Waals surface area contributed by atoms with E-state index >= 15 is 0 Å². The molecule has 0 saturated heterocycles. The van der Waals surface area contributed by atoms with E-state index in [0.717, 1.165) is 17.1 Å². The molecule has 0 aliphatic carbocycles. The van der Waals surface area contributed by atoms with Gasteiger partial charge in [0.15, 0.2) is 0 Å². The summed E-state index contributed by atoms with van der Waals surface area (Å²) in [6.45, 7) is 6.22. The average Bonchev–Trinajstić information content (AvgIpc) is 2.63. The second kappa shape index (κ2) is 4.52. The van der Waals surface area contributed by atoms with Crippen LogP contribution >= 0.6 is 22.9 Å². The molecule has 0 atom stereocenters. The molecule has 2 aromatic rings. The highest BCUT2D eigenvalue weighted by molar-refractivity contribution is 7.10. The molecule has 0 N–H and O–H groups in total. The van der Waals surface area contributed by atoms with E-state index in [4.69, 9.17) is 11.6 Å². The van der Waals surface area contributed by atoms with Crippen LogP contribution in [-0.4, -0.2) is 9.97 Å². The van der Waals surface area contributed by atoms with E-state index in [1.54, 1.807) is 11.3 Å². The normalized spacial score (nSPS) is 11.1. The van der Waals surface area contributed by atoms with Crippen molar-refractivity contribution < 1.29 is 0 Å². The van der Waals surface area contributed by atoms with Crippen molar-refractivity contribution in [2.45, 2.75) is 26.7 Å². The maximum absolute atomic E-state index is 6.02. The molecule has 2 heterocycles. The predicted octanol–water partition coefficient (Wildman–Crippen LogP) is 4.29. The third-order valence-electron chi connectivity index (χ3n) is 2.36. The molecule has 0 unspecified atom stereocenters. The van der Waals surface area contributed by atoms with Crippen LogP contribution in [0.5, 0.6) is 0 Å². The van der Waals surface area contributed by atoms with Crippen molar-refractivity contribution in [3.63, 3.8) is 0 Å². The number of hydrogen-bond acceptors (Lipinski definition) is 3. The molecular weight excluding hydrogens is 240 g/mol. The summed E-state index contributed by atoms with van der Waals surface area (Å²) < 4.78 is 0. The largest absolute Gasteiger partial charge is 0.232 e. The van der Waals surface area contributed by atoms with Gasteiger partial charge in [0, 0.05) is 22.4 Å². The van der Waals surface area contributed by atoms with E-state index in [-0.39, 0.29) is 5.92 Å². The lowest BCUT2D eigenvalue weighted by Gasteiger charge is -2.07. The zero-order valence-corrected chi connectivity index (χ0v) is 11.1. The summed E-state index contributed by atoms with van der Waals surface area (Å²) in [7, 11) is 0. The summed E-state index contributed by atoms with van der Waals surface area (Å²) >= 11 is 7.73. The van der Waals surface area contributed by atoms with Crippen molar-refractivity contribution in [2.75, 3.05) is 0 Å². The number of halogens is 1. The van der Waals surface area contributed by atoms with Crippen LogP contribution in [0.1, 0.15) is 30.5 Å². The molecule has 0 spiro atoms. The molecule has 0 fully saturated rings. The first kappa shape index (κ1) is 11.6. The van der Waals surface area contributed by atoms with Gasteiger partial charge in [-0.15, -0.1) is 11.3 Å². The fourth-order valence-corrected chi connectivity index (χ4v) is 2.38. The number of nitrogens with zero attached hydrogens (tertiary/aromatic N) is 2. The molecule has 2 rings (SSSR count). The molecule has 4 heteroatoms. The number of aromatic nitrogens is 2. The van der Waals surface area contributed by atoms with E-state index < -0.39 is 0 Å². The lowest BCUT2D eigenvalue weighted by Crippen LogP contribution is -1.99. The van der Waals surface area contributed by atoms with Crippen LogP contribution < -0.4 is 0 Å². The van der Waals surface area contributed by atoms with Gasteiger partial charge >= 0.3 is 0 Å². The van der Waals surface area contributed by atoms with Gasteiger partial charge in [-0.2, -0.15) is 0 Å². The van der Waals surface area contributed by atoms with E-state index in [2.05, 4.69) is 42.2 Å². The summed E-state index contributed by atoms with van der Waals surface area (Å²) in [5, 5.41) is 2.58. The van der Waals surface area contributed by atoms with Crippen LogP contribution in [0.2, 0.25) is 5.15 Å². The van der Waals surface area contributed by atoms with Crippen LogP contribution in [-0.2, 0) is 0 Å². The van der Waals surface area contributed by atoms with Gasteiger partial charge in [-0.1, -0.05) is 25.4 Å². The third-order valence-corrected chi connectivity index (χ3v) is 3.40. The Morgan fingerprint density at radius 3 is 2.62 bits per heavy atom. The topological polar surface area (TPSA) is 25.8 Å². The Labute approximate surface area is 104 Å². The van der Waals surface area contributed by atoms with Crippen LogP contribution in [0.25, 0.3) is 11.3 Å². The van der Waals surface area contributed by atoms with Gasteiger partial charge in [0.1, 0.15) is 11.0 Å². The average molecular weight is 253 g/mol. The molecule has 0 aromatic carbocycles. The molecule has 0 bridgehead atoms. The molecule has 0 aliphatic rings. The van der Waals surface area contributed by atoms with Crippen LogP contribution in [0, 0.1) is 6.92 Å². The van der Waals surface area contributed by atoms with Crippen molar-refractivity contribution >= 4 is 22.9 Å². The highest BCUT2D eigenvalue weighted by atomic mass is 35.5. The Kier molecular flexibility index (Phi) is 3.26. The number of hydrogen-bond donors (Lipinski definition) is 0. The minimum absolute atomic E-state index is 0.288. The van der Waals surface area contributed by atoms with Gasteiger partial charge in [0.25, 0.3) is 0 Å².